The van der Waals surface area contributed by atoms with E-state index in [1.165, 1.54) is 6.07 Å². The number of hydrogen-bond donors (Lipinski definition) is 1. The molecule has 0 saturated heterocycles. The van der Waals surface area contributed by atoms with Crippen molar-refractivity contribution in [2.24, 2.45) is 0 Å². The molecule has 9 heteroatoms. The summed E-state index contributed by atoms with van der Waals surface area (Å²) < 4.78 is 83.5. The molecule has 0 amide bonds. The third-order valence-corrected chi connectivity index (χ3v) is 4.62. The molecule has 2 aromatic rings. The van der Waals surface area contributed by atoms with Crippen LogP contribution in [0.4, 0.5) is 26.3 Å². The van der Waals surface area contributed by atoms with Crippen LogP contribution in [0.3, 0.4) is 0 Å². The van der Waals surface area contributed by atoms with E-state index < -0.39 is 47.5 Å². The van der Waals surface area contributed by atoms with Crippen LogP contribution in [0.15, 0.2) is 24.4 Å². The Bertz CT molecular complexity index is 921. The van der Waals surface area contributed by atoms with Gasteiger partial charge in [0.2, 0.25) is 0 Å². The molecule has 3 rings (SSSR count). The normalized spacial score (nSPS) is 22.0. The van der Waals surface area contributed by atoms with Gasteiger partial charge in [0.1, 0.15) is 5.82 Å². The minimum atomic E-state index is -5.02. The van der Waals surface area contributed by atoms with Crippen molar-refractivity contribution in [3.05, 3.63) is 52.6 Å². The Morgan fingerprint density at radius 1 is 1.27 bits per heavy atom. The number of nitriles is 1. The monoisotopic (exact) mass is 374 g/mol. The first kappa shape index (κ1) is 18.3. The molecule has 1 N–H and O–H groups in total. The molecular weight excluding hydrogens is 362 g/mol. The lowest BCUT2D eigenvalue weighted by Gasteiger charge is -2.38. The highest BCUT2D eigenvalue weighted by Gasteiger charge is 2.58. The molecule has 1 atom stereocenters. The summed E-state index contributed by atoms with van der Waals surface area (Å²) in [5.41, 5.74) is -6.05. The number of hydrogen-bond acceptors (Lipinski definition) is 2. The first-order valence-electron chi connectivity index (χ1n) is 7.52. The van der Waals surface area contributed by atoms with Gasteiger partial charge in [0.25, 0.3) is 5.92 Å². The van der Waals surface area contributed by atoms with Crippen molar-refractivity contribution in [3.63, 3.8) is 0 Å². The van der Waals surface area contributed by atoms with Gasteiger partial charge in [0, 0.05) is 23.9 Å². The summed E-state index contributed by atoms with van der Waals surface area (Å²) in [7, 11) is 0. The summed E-state index contributed by atoms with van der Waals surface area (Å²) in [5.74, 6) is -4.75. The van der Waals surface area contributed by atoms with Gasteiger partial charge >= 0.3 is 6.18 Å². The fraction of sp³-hybridized carbons (Fsp3) is 0.353. The Labute approximate surface area is 144 Å². The molecular formula is C17H12F6N2O. The second-order valence-corrected chi connectivity index (χ2v) is 6.29. The molecule has 1 aliphatic carbocycles. The second-order valence-electron chi connectivity index (χ2n) is 6.29. The molecule has 0 saturated carbocycles. The predicted molar refractivity (Wildman–Crippen MR) is 78.3 cm³/mol. The Morgan fingerprint density at radius 2 is 1.92 bits per heavy atom. The third-order valence-electron chi connectivity index (χ3n) is 4.62. The molecule has 1 heterocycles. The van der Waals surface area contributed by atoms with Gasteiger partial charge in [-0.2, -0.15) is 18.4 Å². The molecule has 26 heavy (non-hydrogen) atoms. The number of nitrogens with zero attached hydrogens (tertiary/aromatic N) is 2. The van der Waals surface area contributed by atoms with Gasteiger partial charge in [0.15, 0.2) is 5.60 Å². The lowest BCUT2D eigenvalue weighted by atomic mass is 9.78. The second kappa shape index (κ2) is 5.51. The van der Waals surface area contributed by atoms with Gasteiger partial charge in [-0.25, -0.2) is 13.2 Å². The van der Waals surface area contributed by atoms with Crippen LogP contribution in [-0.2, 0) is 18.2 Å². The lowest BCUT2D eigenvalue weighted by Crippen LogP contribution is -2.47. The topological polar surface area (TPSA) is 49.0 Å². The van der Waals surface area contributed by atoms with Gasteiger partial charge in [-0.3, -0.25) is 0 Å². The van der Waals surface area contributed by atoms with E-state index in [-0.39, 0.29) is 16.9 Å². The summed E-state index contributed by atoms with van der Waals surface area (Å²) in [4.78, 5) is 0. The number of fused-ring (bicyclic) bond motifs is 1. The van der Waals surface area contributed by atoms with Crippen LogP contribution in [0.2, 0.25) is 0 Å². The first-order valence-corrected chi connectivity index (χ1v) is 7.52. The molecule has 0 spiro atoms. The number of alkyl halides is 5. The summed E-state index contributed by atoms with van der Waals surface area (Å²) in [6.45, 7) is 0.625. The van der Waals surface area contributed by atoms with E-state index in [2.05, 4.69) is 0 Å². The average Bonchev–Trinajstić information content (AvgIpc) is 2.92. The number of aliphatic hydroxyl groups is 1. The largest absolute Gasteiger partial charge is 0.418 e. The van der Waals surface area contributed by atoms with Crippen molar-refractivity contribution >= 4 is 0 Å². The van der Waals surface area contributed by atoms with Crippen molar-refractivity contribution in [1.29, 1.82) is 5.26 Å². The quantitative estimate of drug-likeness (QED) is 0.757. The molecule has 0 radical (unpaired) electrons. The number of rotatable bonds is 1. The standard InChI is InChI=1S/C17H12F6N2O/c1-15(26)14-10(17(21,22)23)8-25(13(14)4-5-16(15,19)20)12-3-2-9(7-24)6-11(12)18/h2-3,6,8,26H,4-5H2,1H3. The van der Waals surface area contributed by atoms with E-state index >= 15 is 0 Å². The zero-order chi connectivity index (χ0) is 19.5. The van der Waals surface area contributed by atoms with Gasteiger partial charge in [-0.15, -0.1) is 0 Å². The minimum Gasteiger partial charge on any atom is -0.379 e. The maximum atomic E-state index is 14.3. The highest BCUT2D eigenvalue weighted by Crippen LogP contribution is 2.51. The van der Waals surface area contributed by atoms with Crippen molar-refractivity contribution < 1.29 is 31.4 Å². The maximum absolute atomic E-state index is 14.3. The van der Waals surface area contributed by atoms with E-state index in [4.69, 9.17) is 5.26 Å². The van der Waals surface area contributed by atoms with Crippen LogP contribution in [0.1, 0.15) is 35.7 Å². The summed E-state index contributed by atoms with van der Waals surface area (Å²) in [6.07, 6.45) is -5.87. The van der Waals surface area contributed by atoms with Crippen molar-refractivity contribution in [2.45, 2.75) is 37.5 Å². The molecule has 0 fully saturated rings. The Morgan fingerprint density at radius 3 is 2.46 bits per heavy atom. The number of aromatic nitrogens is 1. The average molecular weight is 374 g/mol. The van der Waals surface area contributed by atoms with Crippen LogP contribution in [0.25, 0.3) is 5.69 Å². The molecule has 1 aliphatic rings. The van der Waals surface area contributed by atoms with Crippen LogP contribution >= 0.6 is 0 Å². The molecule has 0 aliphatic heterocycles. The highest BCUT2D eigenvalue weighted by molar-refractivity contribution is 5.50. The van der Waals surface area contributed by atoms with Gasteiger partial charge in [-0.05, 0) is 31.5 Å². The highest BCUT2D eigenvalue weighted by atomic mass is 19.4. The van der Waals surface area contributed by atoms with Crippen LogP contribution in [0.5, 0.6) is 0 Å². The summed E-state index contributed by atoms with van der Waals surface area (Å²) in [5, 5.41) is 19.0. The predicted octanol–water partition coefficient (Wildman–Crippen LogP) is 4.30. The molecule has 1 unspecified atom stereocenters. The van der Waals surface area contributed by atoms with Crippen molar-refractivity contribution in [3.8, 4) is 11.8 Å². The summed E-state index contributed by atoms with van der Waals surface area (Å²) >= 11 is 0. The van der Waals surface area contributed by atoms with Crippen LogP contribution < -0.4 is 0 Å². The fourth-order valence-corrected chi connectivity index (χ4v) is 3.24. The van der Waals surface area contributed by atoms with E-state index in [9.17, 15) is 31.4 Å². The van der Waals surface area contributed by atoms with Crippen molar-refractivity contribution in [1.82, 2.24) is 4.57 Å². The molecule has 1 aromatic carbocycles. The van der Waals surface area contributed by atoms with E-state index in [0.29, 0.717) is 13.1 Å². The SMILES string of the molecule is CC1(O)c2c(C(F)(F)F)cn(-c3ccc(C#N)cc3F)c2CCC1(F)F. The van der Waals surface area contributed by atoms with E-state index in [0.717, 1.165) is 16.7 Å². The van der Waals surface area contributed by atoms with Gasteiger partial charge in [-0.1, -0.05) is 0 Å². The Kier molecular flexibility index (Phi) is 3.88. The molecule has 0 bridgehead atoms. The van der Waals surface area contributed by atoms with Crippen LogP contribution in [0, 0.1) is 17.1 Å². The number of halogens is 6. The molecule has 138 valence electrons. The van der Waals surface area contributed by atoms with E-state index in [1.807, 2.05) is 0 Å². The zero-order valence-corrected chi connectivity index (χ0v) is 13.3. The van der Waals surface area contributed by atoms with Crippen LogP contribution in [-0.4, -0.2) is 15.6 Å². The van der Waals surface area contributed by atoms with Gasteiger partial charge in [0.05, 0.1) is 22.9 Å². The van der Waals surface area contributed by atoms with Crippen molar-refractivity contribution in [2.75, 3.05) is 0 Å². The van der Waals surface area contributed by atoms with Gasteiger partial charge < -0.3 is 9.67 Å². The lowest BCUT2D eigenvalue weighted by molar-refractivity contribution is -0.193. The Hall–Kier alpha value is -2.47. The Balaban J connectivity index is 2.32. The molecule has 3 nitrogen and oxygen atoms in total. The molecule has 1 aromatic heterocycles. The third kappa shape index (κ3) is 2.56. The smallest absolute Gasteiger partial charge is 0.379 e. The first-order chi connectivity index (χ1) is 11.9. The summed E-state index contributed by atoms with van der Waals surface area (Å²) in [6, 6.07) is 4.83. The fourth-order valence-electron chi connectivity index (χ4n) is 3.24. The number of benzene rings is 1. The minimum absolute atomic E-state index is 0.0400. The van der Waals surface area contributed by atoms with E-state index in [1.54, 1.807) is 6.07 Å². The maximum Gasteiger partial charge on any atom is 0.418 e. The zero-order valence-electron chi connectivity index (χ0n) is 13.3.